The number of rotatable bonds is 2. The van der Waals surface area contributed by atoms with Crippen molar-refractivity contribution in [2.24, 2.45) is 10.9 Å². The molecule has 2 heterocycles. The van der Waals surface area contributed by atoms with Gasteiger partial charge < -0.3 is 9.72 Å². The number of aliphatic imine (C=N–C) groups is 1. The first-order chi connectivity index (χ1) is 8.79. The van der Waals surface area contributed by atoms with E-state index in [1.807, 2.05) is 13.1 Å². The lowest BCUT2D eigenvalue weighted by Crippen LogP contribution is -2.23. The zero-order chi connectivity index (χ0) is 12.5. The summed E-state index contributed by atoms with van der Waals surface area (Å²) in [5, 5.41) is 0. The maximum Gasteiger partial charge on any atom is 0.357 e. The van der Waals surface area contributed by atoms with Gasteiger partial charge in [0.05, 0.1) is 12.3 Å². The van der Waals surface area contributed by atoms with E-state index in [4.69, 9.17) is 9.73 Å². The average Bonchev–Trinajstić information content (AvgIpc) is 2.79. The van der Waals surface area contributed by atoms with Crippen molar-refractivity contribution >= 4 is 17.4 Å². The Hall–Kier alpha value is -1.58. The van der Waals surface area contributed by atoms with Gasteiger partial charge in [-0.2, -0.15) is 0 Å². The van der Waals surface area contributed by atoms with E-state index in [1.54, 1.807) is 0 Å². The van der Waals surface area contributed by atoms with Gasteiger partial charge in [-0.1, -0.05) is 6.42 Å². The monoisotopic (exact) mass is 246 g/mol. The Kier molecular flexibility index (Phi) is 2.94. The van der Waals surface area contributed by atoms with Crippen LogP contribution >= 0.6 is 0 Å². The lowest BCUT2D eigenvalue weighted by Gasteiger charge is -2.27. The average molecular weight is 246 g/mol. The SMILES string of the molecule is CCOC(=O)c1[nH]cc2c1N=C1CCCCC1C2. The predicted molar refractivity (Wildman–Crippen MR) is 69.5 cm³/mol. The molecule has 4 nitrogen and oxygen atoms in total. The summed E-state index contributed by atoms with van der Waals surface area (Å²) in [6.07, 6.45) is 7.77. The molecule has 1 N–H and O–H groups in total. The fraction of sp³-hybridized carbons (Fsp3) is 0.571. The molecule has 0 radical (unpaired) electrons. The van der Waals surface area contributed by atoms with Crippen LogP contribution in [0.1, 0.15) is 48.7 Å². The van der Waals surface area contributed by atoms with Gasteiger partial charge in [-0.05, 0) is 38.2 Å². The molecule has 0 saturated heterocycles. The molecule has 0 spiro atoms. The maximum atomic E-state index is 11.8. The molecule has 1 aromatic rings. The zero-order valence-electron chi connectivity index (χ0n) is 10.7. The van der Waals surface area contributed by atoms with Crippen molar-refractivity contribution in [2.75, 3.05) is 6.61 Å². The summed E-state index contributed by atoms with van der Waals surface area (Å²) in [4.78, 5) is 19.6. The molecule has 4 heteroatoms. The number of H-pyrrole nitrogens is 1. The van der Waals surface area contributed by atoms with Crippen molar-refractivity contribution in [1.82, 2.24) is 4.98 Å². The number of nitrogens with zero attached hydrogens (tertiary/aromatic N) is 1. The van der Waals surface area contributed by atoms with Crippen molar-refractivity contribution in [3.8, 4) is 0 Å². The molecule has 0 amide bonds. The lowest BCUT2D eigenvalue weighted by atomic mass is 9.81. The first kappa shape index (κ1) is 11.5. The van der Waals surface area contributed by atoms with Gasteiger partial charge in [0.1, 0.15) is 0 Å². The molecule has 3 rings (SSSR count). The van der Waals surface area contributed by atoms with E-state index in [9.17, 15) is 4.79 Å². The Morgan fingerprint density at radius 3 is 3.28 bits per heavy atom. The van der Waals surface area contributed by atoms with Crippen LogP contribution in [0.3, 0.4) is 0 Å². The molecule has 1 aromatic heterocycles. The van der Waals surface area contributed by atoms with Crippen LogP contribution in [0.2, 0.25) is 0 Å². The Morgan fingerprint density at radius 1 is 1.56 bits per heavy atom. The third-order valence-electron chi connectivity index (χ3n) is 3.84. The lowest BCUT2D eigenvalue weighted by molar-refractivity contribution is 0.0521. The molecule has 1 aliphatic carbocycles. The van der Waals surface area contributed by atoms with Crippen LogP contribution in [0.25, 0.3) is 0 Å². The molecule has 0 aromatic carbocycles. The van der Waals surface area contributed by atoms with Gasteiger partial charge in [0.25, 0.3) is 0 Å². The molecule has 2 aliphatic rings. The first-order valence-corrected chi connectivity index (χ1v) is 6.74. The summed E-state index contributed by atoms with van der Waals surface area (Å²) >= 11 is 0. The highest BCUT2D eigenvalue weighted by Gasteiger charge is 2.29. The molecule has 1 unspecified atom stereocenters. The van der Waals surface area contributed by atoms with Gasteiger partial charge in [0, 0.05) is 17.8 Å². The molecule has 96 valence electrons. The molecule has 1 aliphatic heterocycles. The summed E-state index contributed by atoms with van der Waals surface area (Å²) in [6.45, 7) is 2.21. The Labute approximate surface area is 106 Å². The largest absolute Gasteiger partial charge is 0.461 e. The van der Waals surface area contributed by atoms with Gasteiger partial charge in [-0.25, -0.2) is 4.79 Å². The zero-order valence-corrected chi connectivity index (χ0v) is 10.7. The van der Waals surface area contributed by atoms with Gasteiger partial charge >= 0.3 is 5.97 Å². The van der Waals surface area contributed by atoms with Crippen LogP contribution < -0.4 is 0 Å². The number of hydrogen-bond donors (Lipinski definition) is 1. The predicted octanol–water partition coefficient (Wildman–Crippen LogP) is 3.01. The number of esters is 1. The van der Waals surface area contributed by atoms with Crippen molar-refractivity contribution < 1.29 is 9.53 Å². The number of ether oxygens (including phenoxy) is 1. The normalized spacial score (nSPS) is 21.8. The fourth-order valence-electron chi connectivity index (χ4n) is 2.94. The minimum absolute atomic E-state index is 0.294. The molecule has 1 atom stereocenters. The number of hydrogen-bond acceptors (Lipinski definition) is 3. The number of fused-ring (bicyclic) bond motifs is 2. The standard InChI is InChI=1S/C14H18N2O2/c1-2-18-14(17)13-12-10(8-15-13)7-9-5-3-4-6-11(9)16-12/h8-9,15H,2-7H2,1H3. The number of aromatic amines is 1. The molecule has 1 fully saturated rings. The highest BCUT2D eigenvalue weighted by atomic mass is 16.5. The second-order valence-corrected chi connectivity index (χ2v) is 5.01. The van der Waals surface area contributed by atoms with Gasteiger partial charge in [-0.3, -0.25) is 4.99 Å². The Bertz CT molecular complexity index is 502. The summed E-state index contributed by atoms with van der Waals surface area (Å²) in [5.41, 5.74) is 3.78. The van der Waals surface area contributed by atoms with Crippen LogP contribution in [-0.4, -0.2) is 23.3 Å². The number of carbonyl (C=O) groups excluding carboxylic acids is 1. The van der Waals surface area contributed by atoms with Crippen LogP contribution in [0, 0.1) is 5.92 Å². The minimum Gasteiger partial charge on any atom is -0.461 e. The van der Waals surface area contributed by atoms with E-state index in [0.717, 1.165) is 24.1 Å². The van der Waals surface area contributed by atoms with E-state index in [2.05, 4.69) is 4.98 Å². The third kappa shape index (κ3) is 1.85. The topological polar surface area (TPSA) is 54.5 Å². The maximum absolute atomic E-state index is 11.8. The second kappa shape index (κ2) is 4.59. The second-order valence-electron chi connectivity index (χ2n) is 5.01. The number of nitrogens with one attached hydrogen (secondary N) is 1. The van der Waals surface area contributed by atoms with Crippen molar-refractivity contribution in [3.63, 3.8) is 0 Å². The van der Waals surface area contributed by atoms with Gasteiger partial charge in [-0.15, -0.1) is 0 Å². The van der Waals surface area contributed by atoms with E-state index in [1.165, 1.54) is 25.0 Å². The summed E-state index contributed by atoms with van der Waals surface area (Å²) in [6, 6.07) is 0. The minimum atomic E-state index is -0.294. The van der Waals surface area contributed by atoms with Crippen molar-refractivity contribution in [3.05, 3.63) is 17.5 Å². The molecular weight excluding hydrogens is 228 g/mol. The fourth-order valence-corrected chi connectivity index (χ4v) is 2.94. The van der Waals surface area contributed by atoms with Crippen LogP contribution in [0.5, 0.6) is 0 Å². The Morgan fingerprint density at radius 2 is 2.44 bits per heavy atom. The molecule has 1 saturated carbocycles. The molecule has 18 heavy (non-hydrogen) atoms. The highest BCUT2D eigenvalue weighted by Crippen LogP contribution is 2.37. The van der Waals surface area contributed by atoms with E-state index < -0.39 is 0 Å². The van der Waals surface area contributed by atoms with Crippen molar-refractivity contribution in [2.45, 2.75) is 39.0 Å². The number of aromatic nitrogens is 1. The highest BCUT2D eigenvalue weighted by molar-refractivity contribution is 5.99. The quantitative estimate of drug-likeness (QED) is 0.815. The molecular formula is C14H18N2O2. The summed E-state index contributed by atoms with van der Waals surface area (Å²) in [7, 11) is 0. The van der Waals surface area contributed by atoms with Crippen LogP contribution in [0.15, 0.2) is 11.2 Å². The summed E-state index contributed by atoms with van der Waals surface area (Å²) < 4.78 is 5.05. The van der Waals surface area contributed by atoms with Gasteiger partial charge in [0.2, 0.25) is 0 Å². The third-order valence-corrected chi connectivity index (χ3v) is 3.84. The first-order valence-electron chi connectivity index (χ1n) is 6.74. The van der Waals surface area contributed by atoms with E-state index >= 15 is 0 Å². The molecule has 0 bridgehead atoms. The van der Waals surface area contributed by atoms with E-state index in [0.29, 0.717) is 18.2 Å². The van der Waals surface area contributed by atoms with Crippen molar-refractivity contribution in [1.29, 1.82) is 0 Å². The van der Waals surface area contributed by atoms with E-state index in [-0.39, 0.29) is 5.97 Å². The van der Waals surface area contributed by atoms with Crippen LogP contribution in [-0.2, 0) is 11.2 Å². The van der Waals surface area contributed by atoms with Gasteiger partial charge in [0.15, 0.2) is 5.69 Å². The van der Waals surface area contributed by atoms with Crippen LogP contribution in [0.4, 0.5) is 5.69 Å². The summed E-state index contributed by atoms with van der Waals surface area (Å²) in [5.74, 6) is 0.300. The number of carbonyl (C=O) groups is 1. The Balaban J connectivity index is 1.94. The smallest absolute Gasteiger partial charge is 0.357 e.